The van der Waals surface area contributed by atoms with Gasteiger partial charge in [0.15, 0.2) is 5.13 Å². The van der Waals surface area contributed by atoms with Gasteiger partial charge in [0.2, 0.25) is 0 Å². The summed E-state index contributed by atoms with van der Waals surface area (Å²) >= 11 is 1.61. The highest BCUT2D eigenvalue weighted by atomic mass is 32.1. The molecular formula is C23H25N3O3S. The van der Waals surface area contributed by atoms with Crippen LogP contribution in [0.25, 0.3) is 11.3 Å². The van der Waals surface area contributed by atoms with Gasteiger partial charge in [-0.1, -0.05) is 17.7 Å². The molecule has 1 saturated heterocycles. The SMILES string of the molecule is COc1ccc(OC)c(-c2csc(N3CCN(C(=O)c4ccc(C)cc4)CC3)n2)c1. The Kier molecular flexibility index (Phi) is 5.90. The maximum Gasteiger partial charge on any atom is 0.253 e. The lowest BCUT2D eigenvalue weighted by Gasteiger charge is -2.34. The van der Waals surface area contributed by atoms with Gasteiger partial charge in [0.05, 0.1) is 19.9 Å². The third kappa shape index (κ3) is 4.11. The molecule has 30 heavy (non-hydrogen) atoms. The summed E-state index contributed by atoms with van der Waals surface area (Å²) in [5.41, 5.74) is 3.68. The molecule has 1 fully saturated rings. The standard InChI is InChI=1S/C23H25N3O3S/c1-16-4-6-17(7-5-16)22(27)25-10-12-26(13-11-25)23-24-20(15-30-23)19-14-18(28-2)8-9-21(19)29-3/h4-9,14-15H,10-13H2,1-3H3. The largest absolute Gasteiger partial charge is 0.497 e. The number of aromatic nitrogens is 1. The van der Waals surface area contributed by atoms with Crippen LogP contribution < -0.4 is 14.4 Å². The highest BCUT2D eigenvalue weighted by Gasteiger charge is 2.24. The first-order valence-electron chi connectivity index (χ1n) is 9.88. The molecule has 7 heteroatoms. The van der Waals surface area contributed by atoms with E-state index in [9.17, 15) is 4.79 Å². The van der Waals surface area contributed by atoms with Crippen LogP contribution in [0.5, 0.6) is 11.5 Å². The first-order valence-corrected chi connectivity index (χ1v) is 10.8. The molecule has 0 aliphatic carbocycles. The third-order valence-corrected chi connectivity index (χ3v) is 6.21. The van der Waals surface area contributed by atoms with E-state index in [1.54, 1.807) is 25.6 Å². The van der Waals surface area contributed by atoms with E-state index in [1.807, 2.05) is 59.7 Å². The summed E-state index contributed by atoms with van der Waals surface area (Å²) < 4.78 is 10.8. The van der Waals surface area contributed by atoms with Crippen molar-refractivity contribution in [1.82, 2.24) is 9.88 Å². The Morgan fingerprint density at radius 1 is 1.00 bits per heavy atom. The maximum absolute atomic E-state index is 12.7. The number of thiazole rings is 1. The number of anilines is 1. The van der Waals surface area contributed by atoms with E-state index in [4.69, 9.17) is 14.5 Å². The van der Waals surface area contributed by atoms with Crippen LogP contribution >= 0.6 is 11.3 Å². The molecule has 0 bridgehead atoms. The molecular weight excluding hydrogens is 398 g/mol. The van der Waals surface area contributed by atoms with Crippen LogP contribution in [0.4, 0.5) is 5.13 Å². The Morgan fingerprint density at radius 2 is 1.73 bits per heavy atom. The monoisotopic (exact) mass is 423 g/mol. The van der Waals surface area contributed by atoms with Gasteiger partial charge in [0.1, 0.15) is 11.5 Å². The molecule has 2 heterocycles. The molecule has 2 aromatic carbocycles. The second-order valence-corrected chi connectivity index (χ2v) is 8.06. The smallest absolute Gasteiger partial charge is 0.253 e. The molecule has 1 amide bonds. The Balaban J connectivity index is 1.45. The van der Waals surface area contributed by atoms with Crippen LogP contribution in [-0.2, 0) is 0 Å². The van der Waals surface area contributed by atoms with E-state index in [1.165, 1.54) is 0 Å². The molecule has 1 aliphatic rings. The lowest BCUT2D eigenvalue weighted by Crippen LogP contribution is -2.48. The number of hydrogen-bond donors (Lipinski definition) is 0. The zero-order valence-corrected chi connectivity index (χ0v) is 18.2. The minimum Gasteiger partial charge on any atom is -0.497 e. The van der Waals surface area contributed by atoms with Crippen molar-refractivity contribution in [2.24, 2.45) is 0 Å². The van der Waals surface area contributed by atoms with Crippen LogP contribution in [0.15, 0.2) is 47.8 Å². The number of benzene rings is 2. The fourth-order valence-electron chi connectivity index (χ4n) is 3.53. The van der Waals surface area contributed by atoms with E-state index in [2.05, 4.69) is 4.90 Å². The second-order valence-electron chi connectivity index (χ2n) is 7.23. The van der Waals surface area contributed by atoms with E-state index in [0.717, 1.165) is 52.1 Å². The average Bonchev–Trinajstić information content (AvgIpc) is 3.29. The maximum atomic E-state index is 12.7. The number of carbonyl (C=O) groups excluding carboxylic acids is 1. The zero-order chi connectivity index (χ0) is 21.1. The van der Waals surface area contributed by atoms with Crippen molar-refractivity contribution in [2.75, 3.05) is 45.3 Å². The minimum absolute atomic E-state index is 0.0931. The van der Waals surface area contributed by atoms with Crippen molar-refractivity contribution in [3.63, 3.8) is 0 Å². The van der Waals surface area contributed by atoms with Gasteiger partial charge >= 0.3 is 0 Å². The summed E-state index contributed by atoms with van der Waals surface area (Å²) in [7, 11) is 3.30. The predicted molar refractivity (Wildman–Crippen MR) is 120 cm³/mol. The fraction of sp³-hybridized carbons (Fsp3) is 0.304. The number of ether oxygens (including phenoxy) is 2. The van der Waals surface area contributed by atoms with Crippen LogP contribution in [0.1, 0.15) is 15.9 Å². The van der Waals surface area contributed by atoms with Gasteiger partial charge in [0, 0.05) is 42.7 Å². The lowest BCUT2D eigenvalue weighted by atomic mass is 10.1. The number of hydrogen-bond acceptors (Lipinski definition) is 6. The Labute approximate surface area is 180 Å². The van der Waals surface area contributed by atoms with Crippen molar-refractivity contribution in [1.29, 1.82) is 0 Å². The lowest BCUT2D eigenvalue weighted by molar-refractivity contribution is 0.0747. The van der Waals surface area contributed by atoms with Gasteiger partial charge in [-0.3, -0.25) is 4.79 Å². The third-order valence-electron chi connectivity index (χ3n) is 5.31. The molecule has 0 unspecified atom stereocenters. The van der Waals surface area contributed by atoms with E-state index >= 15 is 0 Å². The first kappa shape index (κ1) is 20.2. The highest BCUT2D eigenvalue weighted by molar-refractivity contribution is 7.14. The molecule has 0 N–H and O–H groups in total. The highest BCUT2D eigenvalue weighted by Crippen LogP contribution is 2.36. The molecule has 0 atom stereocenters. The molecule has 1 aromatic heterocycles. The number of aryl methyl sites for hydroxylation is 1. The zero-order valence-electron chi connectivity index (χ0n) is 17.4. The van der Waals surface area contributed by atoms with Gasteiger partial charge in [-0.05, 0) is 37.3 Å². The van der Waals surface area contributed by atoms with Crippen molar-refractivity contribution in [2.45, 2.75) is 6.92 Å². The van der Waals surface area contributed by atoms with Crippen LogP contribution in [-0.4, -0.2) is 56.2 Å². The average molecular weight is 424 g/mol. The van der Waals surface area contributed by atoms with Crippen molar-refractivity contribution >= 4 is 22.4 Å². The fourth-order valence-corrected chi connectivity index (χ4v) is 4.41. The predicted octanol–water partition coefficient (Wildman–Crippen LogP) is 4.10. The van der Waals surface area contributed by atoms with Crippen LogP contribution in [0, 0.1) is 6.92 Å². The summed E-state index contributed by atoms with van der Waals surface area (Å²) in [6.45, 7) is 4.92. The summed E-state index contributed by atoms with van der Waals surface area (Å²) in [6.07, 6.45) is 0. The van der Waals surface area contributed by atoms with Crippen molar-refractivity contribution in [3.05, 3.63) is 59.0 Å². The Morgan fingerprint density at radius 3 is 2.40 bits per heavy atom. The van der Waals surface area contributed by atoms with E-state index in [0.29, 0.717) is 13.1 Å². The molecule has 1 aliphatic heterocycles. The molecule has 3 aromatic rings. The normalized spacial score (nSPS) is 14.0. The number of rotatable bonds is 5. The number of methoxy groups -OCH3 is 2. The summed E-state index contributed by atoms with van der Waals surface area (Å²) in [5, 5.41) is 2.99. The first-order chi connectivity index (χ1) is 14.6. The van der Waals surface area contributed by atoms with Crippen LogP contribution in [0.3, 0.4) is 0 Å². The summed E-state index contributed by atoms with van der Waals surface area (Å²) in [6, 6.07) is 13.5. The van der Waals surface area contributed by atoms with Crippen LogP contribution in [0.2, 0.25) is 0 Å². The number of piperazine rings is 1. The van der Waals surface area contributed by atoms with Gasteiger partial charge in [-0.25, -0.2) is 4.98 Å². The van der Waals surface area contributed by atoms with E-state index in [-0.39, 0.29) is 5.91 Å². The van der Waals surface area contributed by atoms with Gasteiger partial charge in [-0.15, -0.1) is 11.3 Å². The molecule has 156 valence electrons. The van der Waals surface area contributed by atoms with Crippen molar-refractivity contribution < 1.29 is 14.3 Å². The number of carbonyl (C=O) groups is 1. The Bertz CT molecular complexity index is 1020. The topological polar surface area (TPSA) is 54.9 Å². The number of amides is 1. The molecule has 6 nitrogen and oxygen atoms in total. The molecule has 0 radical (unpaired) electrons. The van der Waals surface area contributed by atoms with Crippen molar-refractivity contribution in [3.8, 4) is 22.8 Å². The quantitative estimate of drug-likeness (QED) is 0.619. The molecule has 0 spiro atoms. The second kappa shape index (κ2) is 8.75. The molecule has 0 saturated carbocycles. The van der Waals surface area contributed by atoms with Gasteiger partial charge in [0.25, 0.3) is 5.91 Å². The van der Waals surface area contributed by atoms with E-state index < -0.39 is 0 Å². The van der Waals surface area contributed by atoms with Gasteiger partial charge < -0.3 is 19.3 Å². The summed E-state index contributed by atoms with van der Waals surface area (Å²) in [5.74, 6) is 1.63. The van der Waals surface area contributed by atoms with Gasteiger partial charge in [-0.2, -0.15) is 0 Å². The number of nitrogens with zero attached hydrogens (tertiary/aromatic N) is 3. The summed E-state index contributed by atoms with van der Waals surface area (Å²) in [4.78, 5) is 21.7. The molecule has 4 rings (SSSR count). The Hall–Kier alpha value is -3.06. The minimum atomic E-state index is 0.0931.